The van der Waals surface area contributed by atoms with E-state index in [9.17, 15) is 35.1 Å². The minimum Gasteiger partial charge on any atom is -0.202 e. The summed E-state index contributed by atoms with van der Waals surface area (Å²) in [5, 5.41) is 0. The van der Waals surface area contributed by atoms with Crippen LogP contribution in [0.15, 0.2) is 11.6 Å². The zero-order chi connectivity index (χ0) is 11.8. The van der Waals surface area contributed by atoms with Crippen LogP contribution in [0.4, 0.5) is 35.1 Å². The van der Waals surface area contributed by atoms with Crippen LogP contribution in [-0.2, 0) is 0 Å². The summed E-state index contributed by atoms with van der Waals surface area (Å²) in [6.45, 7) is -0.0650. The molecule has 0 aliphatic heterocycles. The van der Waals surface area contributed by atoms with E-state index in [2.05, 4.69) is 0 Å². The first-order valence-corrected chi connectivity index (χ1v) is 3.09. The van der Waals surface area contributed by atoms with Crippen molar-refractivity contribution in [2.24, 2.45) is 0 Å². The monoisotopic (exact) mass is 228 g/mol. The van der Waals surface area contributed by atoms with Gasteiger partial charge >= 0.3 is 12.4 Å². The molecule has 0 aliphatic carbocycles. The fourth-order valence-corrected chi connectivity index (χ4v) is 0.578. The maximum atomic E-state index is 12.0. The Morgan fingerprint density at radius 3 is 1.14 bits per heavy atom. The average Bonchev–Trinajstić information content (AvgIpc) is 1.75. The van der Waals surface area contributed by atoms with Crippen molar-refractivity contribution in [1.29, 1.82) is 0 Å². The number of allylic oxidation sites excluding steroid dienone is 2. The molecule has 84 valence electrons. The molecular formula is C6H4F8. The molecule has 0 aliphatic rings. The molecule has 0 heterocycles. The van der Waals surface area contributed by atoms with Crippen LogP contribution in [-0.4, -0.2) is 18.3 Å². The van der Waals surface area contributed by atoms with E-state index in [0.717, 1.165) is 0 Å². The summed E-state index contributed by atoms with van der Waals surface area (Å²) in [6, 6.07) is 0. The Balaban J connectivity index is 5.26. The Morgan fingerprint density at radius 2 is 1.07 bits per heavy atom. The first-order chi connectivity index (χ1) is 5.84. The highest BCUT2D eigenvalue weighted by Crippen LogP contribution is 2.40. The van der Waals surface area contributed by atoms with Gasteiger partial charge in [-0.2, -0.15) is 26.3 Å². The Bertz CT molecular complexity index is 208. The first-order valence-electron chi connectivity index (χ1n) is 3.09. The van der Waals surface area contributed by atoms with Gasteiger partial charge < -0.3 is 0 Å². The molecular weight excluding hydrogens is 224 g/mol. The minimum atomic E-state index is -5.84. The topological polar surface area (TPSA) is 0 Å². The zero-order valence-corrected chi connectivity index (χ0v) is 6.60. The zero-order valence-electron chi connectivity index (χ0n) is 6.60. The van der Waals surface area contributed by atoms with Crippen molar-refractivity contribution < 1.29 is 35.1 Å². The molecule has 0 aromatic heterocycles. The fraction of sp³-hybridized carbons (Fsp3) is 0.667. The van der Waals surface area contributed by atoms with Crippen molar-refractivity contribution in [3.05, 3.63) is 11.6 Å². The molecule has 0 fully saturated rings. The Kier molecular flexibility index (Phi) is 3.19. The highest BCUT2D eigenvalue weighted by atomic mass is 19.4. The SMILES string of the molecule is CC(F)(F)C=C(C(F)(F)F)C(F)(F)F. The molecule has 0 saturated heterocycles. The van der Waals surface area contributed by atoms with Gasteiger partial charge in [-0.1, -0.05) is 0 Å². The van der Waals surface area contributed by atoms with Gasteiger partial charge in [0.15, 0.2) is 0 Å². The van der Waals surface area contributed by atoms with Crippen LogP contribution in [0.1, 0.15) is 6.92 Å². The Hall–Kier alpha value is -0.820. The maximum Gasteiger partial charge on any atom is 0.421 e. The average molecular weight is 228 g/mol. The fourth-order valence-electron chi connectivity index (χ4n) is 0.578. The molecule has 0 N–H and O–H groups in total. The van der Waals surface area contributed by atoms with Crippen LogP contribution in [0.5, 0.6) is 0 Å². The van der Waals surface area contributed by atoms with Crippen LogP contribution in [0.25, 0.3) is 0 Å². The summed E-state index contributed by atoms with van der Waals surface area (Å²) in [7, 11) is 0. The summed E-state index contributed by atoms with van der Waals surface area (Å²) in [4.78, 5) is 0. The summed E-state index contributed by atoms with van der Waals surface area (Å²) >= 11 is 0. The van der Waals surface area contributed by atoms with Gasteiger partial charge in [0.05, 0.1) is 0 Å². The molecule has 0 nitrogen and oxygen atoms in total. The minimum absolute atomic E-state index is 0.0650. The van der Waals surface area contributed by atoms with E-state index in [1.807, 2.05) is 0 Å². The third-order valence-corrected chi connectivity index (χ3v) is 1.01. The van der Waals surface area contributed by atoms with Crippen LogP contribution >= 0.6 is 0 Å². The van der Waals surface area contributed by atoms with Crippen LogP contribution in [0, 0.1) is 0 Å². The quantitative estimate of drug-likeness (QED) is 0.474. The molecule has 14 heavy (non-hydrogen) atoms. The third-order valence-electron chi connectivity index (χ3n) is 1.01. The van der Waals surface area contributed by atoms with E-state index in [1.54, 1.807) is 0 Å². The van der Waals surface area contributed by atoms with Gasteiger partial charge in [-0.3, -0.25) is 0 Å². The Morgan fingerprint density at radius 1 is 0.786 bits per heavy atom. The molecule has 0 aromatic carbocycles. The third kappa shape index (κ3) is 4.43. The summed E-state index contributed by atoms with van der Waals surface area (Å²) in [5.74, 6) is -4.17. The van der Waals surface area contributed by atoms with Crippen molar-refractivity contribution >= 4 is 0 Å². The highest BCUT2D eigenvalue weighted by molar-refractivity contribution is 5.18. The van der Waals surface area contributed by atoms with Gasteiger partial charge in [0.2, 0.25) is 0 Å². The van der Waals surface area contributed by atoms with Gasteiger partial charge in [-0.25, -0.2) is 8.78 Å². The highest BCUT2D eigenvalue weighted by Gasteiger charge is 2.52. The summed E-state index contributed by atoms with van der Waals surface area (Å²) in [6.07, 6.45) is -12.8. The standard InChI is InChI=1S/C6H4F8/c1-4(7,8)2-3(5(9,10)11)6(12,13)14/h2H,1H3. The second kappa shape index (κ2) is 3.39. The molecule has 0 saturated carbocycles. The van der Waals surface area contributed by atoms with Gasteiger partial charge in [-0.05, 0) is 0 Å². The normalized spacial score (nSPS) is 14.1. The van der Waals surface area contributed by atoms with Crippen LogP contribution in [0.2, 0.25) is 0 Å². The van der Waals surface area contributed by atoms with Gasteiger partial charge in [0.1, 0.15) is 5.57 Å². The van der Waals surface area contributed by atoms with Crippen molar-refractivity contribution in [1.82, 2.24) is 0 Å². The van der Waals surface area contributed by atoms with Gasteiger partial charge in [0.25, 0.3) is 5.92 Å². The number of hydrogen-bond acceptors (Lipinski definition) is 0. The molecule has 0 bridgehead atoms. The number of alkyl halides is 8. The number of halogens is 8. The molecule has 0 aromatic rings. The molecule has 0 radical (unpaired) electrons. The molecule has 0 rings (SSSR count). The number of hydrogen-bond donors (Lipinski definition) is 0. The maximum absolute atomic E-state index is 12.0. The van der Waals surface area contributed by atoms with Crippen molar-refractivity contribution in [3.8, 4) is 0 Å². The Labute approximate surface area is 73.2 Å². The second-order valence-electron chi connectivity index (χ2n) is 2.51. The second-order valence-corrected chi connectivity index (χ2v) is 2.51. The lowest BCUT2D eigenvalue weighted by atomic mass is 10.2. The van der Waals surface area contributed by atoms with Gasteiger partial charge in [-0.15, -0.1) is 0 Å². The van der Waals surface area contributed by atoms with E-state index in [4.69, 9.17) is 0 Å². The van der Waals surface area contributed by atoms with Crippen molar-refractivity contribution in [2.75, 3.05) is 0 Å². The molecule has 8 heteroatoms. The predicted octanol–water partition coefficient (Wildman–Crippen LogP) is 3.69. The van der Waals surface area contributed by atoms with E-state index < -0.39 is 29.9 Å². The van der Waals surface area contributed by atoms with E-state index in [0.29, 0.717) is 0 Å². The van der Waals surface area contributed by atoms with E-state index in [-0.39, 0.29) is 6.92 Å². The number of rotatable bonds is 1. The summed E-state index contributed by atoms with van der Waals surface area (Å²) in [5.41, 5.74) is -3.20. The van der Waals surface area contributed by atoms with E-state index in [1.165, 1.54) is 0 Å². The van der Waals surface area contributed by atoms with Crippen LogP contribution < -0.4 is 0 Å². The molecule has 0 amide bonds. The van der Waals surface area contributed by atoms with E-state index >= 15 is 0 Å². The lowest BCUT2D eigenvalue weighted by Gasteiger charge is -2.16. The largest absolute Gasteiger partial charge is 0.421 e. The first kappa shape index (κ1) is 13.2. The molecule has 0 spiro atoms. The van der Waals surface area contributed by atoms with Crippen molar-refractivity contribution in [3.63, 3.8) is 0 Å². The lowest BCUT2D eigenvalue weighted by Crippen LogP contribution is -2.28. The van der Waals surface area contributed by atoms with Crippen LogP contribution in [0.3, 0.4) is 0 Å². The summed E-state index contributed by atoms with van der Waals surface area (Å²) < 4.78 is 93.7. The smallest absolute Gasteiger partial charge is 0.202 e. The predicted molar refractivity (Wildman–Crippen MR) is 30.8 cm³/mol. The lowest BCUT2D eigenvalue weighted by molar-refractivity contribution is -0.174. The van der Waals surface area contributed by atoms with Crippen molar-refractivity contribution in [2.45, 2.75) is 25.2 Å². The molecule has 0 atom stereocenters. The van der Waals surface area contributed by atoms with Gasteiger partial charge in [0, 0.05) is 13.0 Å². The molecule has 0 unspecified atom stereocenters.